The van der Waals surface area contributed by atoms with E-state index in [9.17, 15) is 14.4 Å². The smallest absolute Gasteiger partial charge is 0.243 e. The van der Waals surface area contributed by atoms with Crippen molar-refractivity contribution in [1.29, 1.82) is 0 Å². The number of benzene rings is 1. The van der Waals surface area contributed by atoms with Crippen LogP contribution in [0.25, 0.3) is 0 Å². The summed E-state index contributed by atoms with van der Waals surface area (Å²) in [5.41, 5.74) is 1.79. The molecule has 0 heterocycles. The molecular formula is C18H27N3O3. The minimum Gasteiger partial charge on any atom is -0.345 e. The van der Waals surface area contributed by atoms with Gasteiger partial charge in [-0.2, -0.15) is 0 Å². The summed E-state index contributed by atoms with van der Waals surface area (Å²) in [5, 5.41) is 5.27. The summed E-state index contributed by atoms with van der Waals surface area (Å²) >= 11 is 0. The number of nitrogens with one attached hydrogen (secondary N) is 2. The molecule has 0 saturated carbocycles. The van der Waals surface area contributed by atoms with Gasteiger partial charge in [0.2, 0.25) is 17.7 Å². The van der Waals surface area contributed by atoms with Crippen LogP contribution < -0.4 is 10.6 Å². The maximum atomic E-state index is 12.0. The second-order valence-electron chi connectivity index (χ2n) is 5.71. The van der Waals surface area contributed by atoms with Gasteiger partial charge in [0.1, 0.15) is 0 Å². The van der Waals surface area contributed by atoms with Crippen LogP contribution in [0.3, 0.4) is 0 Å². The van der Waals surface area contributed by atoms with Gasteiger partial charge in [-0.1, -0.05) is 38.0 Å². The minimum absolute atomic E-state index is 0.00944. The van der Waals surface area contributed by atoms with Crippen LogP contribution in [0.2, 0.25) is 0 Å². The molecule has 24 heavy (non-hydrogen) atoms. The molecule has 0 fully saturated rings. The van der Waals surface area contributed by atoms with Crippen LogP contribution in [0.5, 0.6) is 0 Å². The molecule has 0 spiro atoms. The second kappa shape index (κ2) is 10.4. The summed E-state index contributed by atoms with van der Waals surface area (Å²) in [4.78, 5) is 37.2. The van der Waals surface area contributed by atoms with Crippen LogP contribution >= 0.6 is 0 Å². The van der Waals surface area contributed by atoms with E-state index in [-0.39, 0.29) is 30.8 Å². The van der Waals surface area contributed by atoms with Crippen molar-refractivity contribution in [2.45, 2.75) is 40.0 Å². The van der Waals surface area contributed by atoms with Gasteiger partial charge < -0.3 is 15.5 Å². The summed E-state index contributed by atoms with van der Waals surface area (Å²) in [6.45, 7) is 6.21. The molecule has 3 amide bonds. The molecule has 0 radical (unpaired) electrons. The molecule has 6 nitrogen and oxygen atoms in total. The van der Waals surface area contributed by atoms with E-state index >= 15 is 0 Å². The Bertz CT molecular complexity index is 555. The van der Waals surface area contributed by atoms with Gasteiger partial charge >= 0.3 is 0 Å². The summed E-state index contributed by atoms with van der Waals surface area (Å²) in [7, 11) is 0. The average molecular weight is 333 g/mol. The van der Waals surface area contributed by atoms with Gasteiger partial charge in [-0.25, -0.2) is 0 Å². The molecule has 1 rings (SSSR count). The lowest BCUT2D eigenvalue weighted by Crippen LogP contribution is -2.43. The number of carbonyl (C=O) groups excluding carboxylic acids is 3. The molecule has 0 aromatic heterocycles. The van der Waals surface area contributed by atoms with Crippen molar-refractivity contribution in [1.82, 2.24) is 10.2 Å². The van der Waals surface area contributed by atoms with Gasteiger partial charge in [0.25, 0.3) is 0 Å². The predicted octanol–water partition coefficient (Wildman–Crippen LogP) is 2.09. The lowest BCUT2D eigenvalue weighted by atomic mass is 10.2. The largest absolute Gasteiger partial charge is 0.345 e. The number of unbranched alkanes of at least 4 members (excludes halogenated alkanes) is 1. The summed E-state index contributed by atoms with van der Waals surface area (Å²) in [5.74, 6) is -0.677. The van der Waals surface area contributed by atoms with Gasteiger partial charge in [-0.15, -0.1) is 0 Å². The molecule has 0 aliphatic heterocycles. The Morgan fingerprint density at radius 2 is 1.71 bits per heavy atom. The van der Waals surface area contributed by atoms with Crippen LogP contribution in [0.15, 0.2) is 24.3 Å². The third-order valence-electron chi connectivity index (χ3n) is 3.55. The molecule has 0 aliphatic rings. The quantitative estimate of drug-likeness (QED) is 0.726. The highest BCUT2D eigenvalue weighted by atomic mass is 16.2. The van der Waals surface area contributed by atoms with E-state index in [0.717, 1.165) is 18.4 Å². The van der Waals surface area contributed by atoms with E-state index in [1.807, 2.05) is 26.0 Å². The number of amides is 3. The van der Waals surface area contributed by atoms with Gasteiger partial charge in [-0.05, 0) is 25.5 Å². The molecule has 0 unspecified atom stereocenters. The van der Waals surface area contributed by atoms with Crippen LogP contribution in [-0.4, -0.2) is 42.3 Å². The van der Waals surface area contributed by atoms with Crippen LogP contribution in [0.4, 0.5) is 5.69 Å². The number of carbonyl (C=O) groups is 3. The SMILES string of the molecule is CCCCN(CC(=O)NCC(=O)Nc1ccc(C)cc1)C(=O)CC. The van der Waals surface area contributed by atoms with Crippen molar-refractivity contribution in [2.75, 3.05) is 25.0 Å². The highest BCUT2D eigenvalue weighted by molar-refractivity contribution is 5.95. The fraction of sp³-hybridized carbons (Fsp3) is 0.500. The maximum Gasteiger partial charge on any atom is 0.243 e. The zero-order chi connectivity index (χ0) is 17.9. The zero-order valence-corrected chi connectivity index (χ0v) is 14.7. The molecule has 0 atom stereocenters. The Morgan fingerprint density at radius 3 is 2.29 bits per heavy atom. The van der Waals surface area contributed by atoms with E-state index in [0.29, 0.717) is 18.7 Å². The van der Waals surface area contributed by atoms with Gasteiger partial charge in [0.05, 0.1) is 13.1 Å². The Balaban J connectivity index is 2.41. The molecule has 132 valence electrons. The summed E-state index contributed by atoms with van der Waals surface area (Å²) in [6, 6.07) is 7.41. The normalized spacial score (nSPS) is 10.1. The molecular weight excluding hydrogens is 306 g/mol. The van der Waals surface area contributed by atoms with Crippen LogP contribution in [0, 0.1) is 6.92 Å². The Labute approximate surface area is 143 Å². The van der Waals surface area contributed by atoms with Crippen molar-refractivity contribution in [3.63, 3.8) is 0 Å². The van der Waals surface area contributed by atoms with Crippen molar-refractivity contribution in [3.8, 4) is 0 Å². The fourth-order valence-electron chi connectivity index (χ4n) is 2.11. The number of hydrogen-bond acceptors (Lipinski definition) is 3. The van der Waals surface area contributed by atoms with Crippen molar-refractivity contribution >= 4 is 23.4 Å². The van der Waals surface area contributed by atoms with Crippen LogP contribution in [0.1, 0.15) is 38.7 Å². The number of rotatable bonds is 9. The molecule has 6 heteroatoms. The van der Waals surface area contributed by atoms with E-state index in [4.69, 9.17) is 0 Å². The average Bonchev–Trinajstić information content (AvgIpc) is 2.58. The minimum atomic E-state index is -0.327. The monoisotopic (exact) mass is 333 g/mol. The highest BCUT2D eigenvalue weighted by Crippen LogP contribution is 2.07. The van der Waals surface area contributed by atoms with Gasteiger partial charge in [-0.3, -0.25) is 14.4 Å². The molecule has 2 N–H and O–H groups in total. The number of hydrogen-bond donors (Lipinski definition) is 2. The summed E-state index contributed by atoms with van der Waals surface area (Å²) in [6.07, 6.45) is 2.17. The van der Waals surface area contributed by atoms with E-state index in [2.05, 4.69) is 10.6 Å². The lowest BCUT2D eigenvalue weighted by molar-refractivity contribution is -0.136. The first-order chi connectivity index (χ1) is 11.5. The molecule has 0 bridgehead atoms. The van der Waals surface area contributed by atoms with Gasteiger partial charge in [0.15, 0.2) is 0 Å². The molecule has 0 aliphatic carbocycles. The molecule has 0 saturated heterocycles. The third-order valence-corrected chi connectivity index (χ3v) is 3.55. The lowest BCUT2D eigenvalue weighted by Gasteiger charge is -2.21. The first-order valence-electron chi connectivity index (χ1n) is 8.37. The maximum absolute atomic E-state index is 12.0. The Kier molecular flexibility index (Phi) is 8.54. The van der Waals surface area contributed by atoms with E-state index in [1.54, 1.807) is 19.1 Å². The Hall–Kier alpha value is -2.37. The standard InChI is InChI=1S/C18H27N3O3/c1-4-6-11-21(18(24)5-2)13-17(23)19-12-16(22)20-15-9-7-14(3)8-10-15/h7-10H,4-6,11-13H2,1-3H3,(H,19,23)(H,20,22). The first kappa shape index (κ1) is 19.7. The number of aryl methyl sites for hydroxylation is 1. The van der Waals surface area contributed by atoms with E-state index in [1.165, 1.54) is 4.90 Å². The van der Waals surface area contributed by atoms with Crippen LogP contribution in [-0.2, 0) is 14.4 Å². The van der Waals surface area contributed by atoms with E-state index < -0.39 is 0 Å². The number of anilines is 1. The predicted molar refractivity (Wildman–Crippen MR) is 94.6 cm³/mol. The second-order valence-corrected chi connectivity index (χ2v) is 5.71. The Morgan fingerprint density at radius 1 is 1.04 bits per heavy atom. The molecule has 1 aromatic rings. The van der Waals surface area contributed by atoms with Crippen molar-refractivity contribution in [3.05, 3.63) is 29.8 Å². The molecule has 1 aromatic carbocycles. The first-order valence-corrected chi connectivity index (χ1v) is 8.37. The van der Waals surface area contributed by atoms with Gasteiger partial charge in [0, 0.05) is 18.7 Å². The van der Waals surface area contributed by atoms with Crippen molar-refractivity contribution in [2.24, 2.45) is 0 Å². The highest BCUT2D eigenvalue weighted by Gasteiger charge is 2.15. The topological polar surface area (TPSA) is 78.5 Å². The zero-order valence-electron chi connectivity index (χ0n) is 14.7. The van der Waals surface area contributed by atoms with Crippen molar-refractivity contribution < 1.29 is 14.4 Å². The third kappa shape index (κ3) is 7.26. The fourth-order valence-corrected chi connectivity index (χ4v) is 2.11. The summed E-state index contributed by atoms with van der Waals surface area (Å²) < 4.78 is 0. The number of nitrogens with zero attached hydrogens (tertiary/aromatic N) is 1.